The number of hydrogen-bond donors (Lipinski definition) is 2. The lowest BCUT2D eigenvalue weighted by molar-refractivity contribution is 0.0607. The maximum absolute atomic E-state index is 11.8. The van der Waals surface area contributed by atoms with E-state index in [0.717, 1.165) is 17.0 Å². The van der Waals surface area contributed by atoms with Gasteiger partial charge in [-0.1, -0.05) is 12.2 Å². The fourth-order valence-electron chi connectivity index (χ4n) is 1.69. The lowest BCUT2D eigenvalue weighted by Crippen LogP contribution is -2.27. The van der Waals surface area contributed by atoms with E-state index in [1.54, 1.807) is 6.07 Å². The van der Waals surface area contributed by atoms with Crippen LogP contribution in [0.4, 0.5) is 10.5 Å². The Morgan fingerprint density at radius 1 is 1.37 bits per heavy atom. The van der Waals surface area contributed by atoms with Crippen LogP contribution in [0.5, 0.6) is 0 Å². The number of hydrogen-bond acceptors (Lipinski definition) is 4. The van der Waals surface area contributed by atoms with Gasteiger partial charge in [0.15, 0.2) is 0 Å². The zero-order chi connectivity index (χ0) is 13.8. The van der Waals surface area contributed by atoms with Gasteiger partial charge in [0.25, 0.3) is 0 Å². The monoisotopic (exact) mass is 278 g/mol. The molecule has 2 amide bonds. The molecule has 1 aromatic rings. The standard InChI is InChI=1S/C13H14N2O3S/c1-8-7-10(11(19-8)12(16)18-2)15-13(17)14-9-5-3-4-6-9/h3,5-7H,4H2,1-2H3,(H2,14,15,17). The van der Waals surface area contributed by atoms with E-state index >= 15 is 0 Å². The molecule has 2 rings (SSSR count). The Hall–Kier alpha value is -2.08. The molecule has 0 aliphatic heterocycles. The number of ether oxygens (including phenoxy) is 1. The Morgan fingerprint density at radius 2 is 2.16 bits per heavy atom. The molecule has 0 fully saturated rings. The second-order valence-electron chi connectivity index (χ2n) is 3.97. The van der Waals surface area contributed by atoms with Gasteiger partial charge in [0.05, 0.1) is 12.8 Å². The first-order valence-corrected chi connectivity index (χ1v) is 6.55. The minimum atomic E-state index is -0.451. The highest BCUT2D eigenvalue weighted by Crippen LogP contribution is 2.27. The van der Waals surface area contributed by atoms with Crippen molar-refractivity contribution in [2.45, 2.75) is 13.3 Å². The van der Waals surface area contributed by atoms with Gasteiger partial charge >= 0.3 is 12.0 Å². The number of rotatable bonds is 3. The summed E-state index contributed by atoms with van der Waals surface area (Å²) >= 11 is 1.29. The molecule has 6 heteroatoms. The molecule has 0 saturated heterocycles. The van der Waals surface area contributed by atoms with E-state index in [1.165, 1.54) is 18.4 Å². The Kier molecular flexibility index (Phi) is 4.01. The predicted octanol–water partition coefficient (Wildman–Crippen LogP) is 2.81. The topological polar surface area (TPSA) is 67.4 Å². The molecule has 5 nitrogen and oxygen atoms in total. The van der Waals surface area contributed by atoms with Crippen molar-refractivity contribution in [2.24, 2.45) is 0 Å². The maximum atomic E-state index is 11.8. The number of thiophene rings is 1. The lowest BCUT2D eigenvalue weighted by Gasteiger charge is -2.07. The summed E-state index contributed by atoms with van der Waals surface area (Å²) in [6, 6.07) is 1.37. The fourth-order valence-corrected chi connectivity index (χ4v) is 2.57. The normalized spacial score (nSPS) is 13.1. The summed E-state index contributed by atoms with van der Waals surface area (Å²) in [5.41, 5.74) is 1.22. The van der Waals surface area contributed by atoms with Crippen LogP contribution in [-0.4, -0.2) is 19.1 Å². The van der Waals surface area contributed by atoms with E-state index in [2.05, 4.69) is 15.4 Å². The number of aryl methyl sites for hydroxylation is 1. The van der Waals surface area contributed by atoms with E-state index in [0.29, 0.717) is 10.6 Å². The zero-order valence-corrected chi connectivity index (χ0v) is 11.5. The second kappa shape index (κ2) is 5.71. The van der Waals surface area contributed by atoms with Crippen molar-refractivity contribution < 1.29 is 14.3 Å². The molecule has 1 aliphatic rings. The molecule has 0 spiro atoms. The van der Waals surface area contributed by atoms with Crippen LogP contribution in [-0.2, 0) is 4.74 Å². The number of esters is 1. The van der Waals surface area contributed by atoms with E-state index in [4.69, 9.17) is 0 Å². The SMILES string of the molecule is COC(=O)c1sc(C)cc1NC(=O)NC1=CCC=C1. The predicted molar refractivity (Wildman–Crippen MR) is 74.4 cm³/mol. The molecule has 1 heterocycles. The van der Waals surface area contributed by atoms with Crippen molar-refractivity contribution >= 4 is 29.0 Å². The summed E-state index contributed by atoms with van der Waals surface area (Å²) in [7, 11) is 1.31. The second-order valence-corrected chi connectivity index (χ2v) is 5.22. The lowest BCUT2D eigenvalue weighted by atomic mass is 10.3. The Morgan fingerprint density at radius 3 is 2.79 bits per heavy atom. The molecule has 1 aliphatic carbocycles. The first kappa shape index (κ1) is 13.4. The van der Waals surface area contributed by atoms with Crippen LogP contribution in [0.25, 0.3) is 0 Å². The van der Waals surface area contributed by atoms with Crippen molar-refractivity contribution in [1.82, 2.24) is 5.32 Å². The van der Waals surface area contributed by atoms with Gasteiger partial charge in [-0.3, -0.25) is 0 Å². The summed E-state index contributed by atoms with van der Waals surface area (Å²) in [6.07, 6.45) is 6.50. The molecule has 0 radical (unpaired) electrons. The van der Waals surface area contributed by atoms with E-state index < -0.39 is 5.97 Å². The van der Waals surface area contributed by atoms with Gasteiger partial charge in [0.1, 0.15) is 4.88 Å². The third kappa shape index (κ3) is 3.23. The van der Waals surface area contributed by atoms with Gasteiger partial charge in [-0.25, -0.2) is 9.59 Å². The largest absolute Gasteiger partial charge is 0.465 e. The van der Waals surface area contributed by atoms with Crippen molar-refractivity contribution in [3.05, 3.63) is 39.7 Å². The molecule has 0 saturated carbocycles. The maximum Gasteiger partial charge on any atom is 0.350 e. The van der Waals surface area contributed by atoms with Crippen molar-refractivity contribution in [3.63, 3.8) is 0 Å². The van der Waals surface area contributed by atoms with Crippen LogP contribution >= 0.6 is 11.3 Å². The smallest absolute Gasteiger partial charge is 0.350 e. The Labute approximate surface area is 115 Å². The first-order chi connectivity index (χ1) is 9.10. The van der Waals surface area contributed by atoms with Crippen molar-refractivity contribution in [3.8, 4) is 0 Å². The highest BCUT2D eigenvalue weighted by Gasteiger charge is 2.17. The van der Waals surface area contributed by atoms with Crippen LogP contribution in [0.3, 0.4) is 0 Å². The van der Waals surface area contributed by atoms with Gasteiger partial charge in [-0.05, 0) is 25.5 Å². The van der Waals surface area contributed by atoms with Crippen LogP contribution < -0.4 is 10.6 Å². The highest BCUT2D eigenvalue weighted by atomic mass is 32.1. The minimum absolute atomic E-state index is 0.374. The fraction of sp³-hybridized carbons (Fsp3) is 0.231. The number of amides is 2. The number of carbonyl (C=O) groups excluding carboxylic acids is 2. The van der Waals surface area contributed by atoms with Gasteiger partial charge < -0.3 is 15.4 Å². The molecule has 0 unspecified atom stereocenters. The third-order valence-corrected chi connectivity index (χ3v) is 3.53. The summed E-state index contributed by atoms with van der Waals surface area (Å²) in [6.45, 7) is 1.86. The summed E-state index contributed by atoms with van der Waals surface area (Å²) < 4.78 is 4.68. The van der Waals surface area contributed by atoms with Crippen LogP contribution in [0.2, 0.25) is 0 Å². The molecule has 100 valence electrons. The van der Waals surface area contributed by atoms with Gasteiger partial charge in [-0.15, -0.1) is 11.3 Å². The number of methoxy groups -OCH3 is 1. The van der Waals surface area contributed by atoms with Gasteiger partial charge in [0.2, 0.25) is 0 Å². The number of anilines is 1. The van der Waals surface area contributed by atoms with Crippen LogP contribution in [0.1, 0.15) is 21.0 Å². The zero-order valence-electron chi connectivity index (χ0n) is 10.6. The Balaban J connectivity index is 2.07. The number of urea groups is 1. The third-order valence-electron chi connectivity index (χ3n) is 2.50. The minimum Gasteiger partial charge on any atom is -0.465 e. The van der Waals surface area contributed by atoms with Crippen molar-refractivity contribution in [1.29, 1.82) is 0 Å². The molecule has 0 atom stereocenters. The number of nitrogens with one attached hydrogen (secondary N) is 2. The molecule has 0 aromatic carbocycles. The quantitative estimate of drug-likeness (QED) is 0.835. The van der Waals surface area contributed by atoms with Gasteiger partial charge in [0, 0.05) is 10.6 Å². The Bertz CT molecular complexity index is 572. The average molecular weight is 278 g/mol. The van der Waals surface area contributed by atoms with Gasteiger partial charge in [-0.2, -0.15) is 0 Å². The molecule has 19 heavy (non-hydrogen) atoms. The highest BCUT2D eigenvalue weighted by molar-refractivity contribution is 7.14. The summed E-state index contributed by atoms with van der Waals surface area (Å²) in [5.74, 6) is -0.451. The molecular weight excluding hydrogens is 264 g/mol. The number of carbonyl (C=O) groups is 2. The summed E-state index contributed by atoms with van der Waals surface area (Å²) in [4.78, 5) is 24.7. The molecule has 0 bridgehead atoms. The summed E-state index contributed by atoms with van der Waals surface area (Å²) in [5, 5.41) is 5.36. The first-order valence-electron chi connectivity index (χ1n) is 5.73. The van der Waals surface area contributed by atoms with Crippen LogP contribution in [0, 0.1) is 6.92 Å². The van der Waals surface area contributed by atoms with Crippen LogP contribution in [0.15, 0.2) is 30.0 Å². The number of allylic oxidation sites excluding steroid dienone is 3. The van der Waals surface area contributed by atoms with E-state index in [9.17, 15) is 9.59 Å². The molecule has 1 aromatic heterocycles. The molecular formula is C13H14N2O3S. The average Bonchev–Trinajstić information content (AvgIpc) is 2.98. The molecule has 2 N–H and O–H groups in total. The van der Waals surface area contributed by atoms with E-state index in [1.807, 2.05) is 25.2 Å². The van der Waals surface area contributed by atoms with Crippen molar-refractivity contribution in [2.75, 3.05) is 12.4 Å². The van der Waals surface area contributed by atoms with E-state index in [-0.39, 0.29) is 6.03 Å².